The first kappa shape index (κ1) is 27.4. The SMILES string of the molecule is C=CN=C.CC.CC(C)=CC(C)c1nc(C(F)F)cn1-c1ccc(S(N)(=O)=O)cc1. The lowest BCUT2D eigenvalue weighted by molar-refractivity contribution is 0.146. The Morgan fingerprint density at radius 2 is 1.73 bits per heavy atom. The van der Waals surface area contributed by atoms with Gasteiger partial charge in [-0.05, 0) is 44.8 Å². The van der Waals surface area contributed by atoms with Crippen LogP contribution in [-0.2, 0) is 10.0 Å². The third-order valence-electron chi connectivity index (χ3n) is 3.54. The molecule has 0 aliphatic heterocycles. The molecule has 1 aromatic heterocycles. The van der Waals surface area contributed by atoms with Crippen molar-refractivity contribution in [1.29, 1.82) is 0 Å². The molecule has 2 aromatic rings. The van der Waals surface area contributed by atoms with Crippen LogP contribution in [0.5, 0.6) is 0 Å². The lowest BCUT2D eigenvalue weighted by Gasteiger charge is -2.12. The van der Waals surface area contributed by atoms with Crippen LogP contribution in [0.15, 0.2) is 64.8 Å². The van der Waals surface area contributed by atoms with Crippen LogP contribution >= 0.6 is 0 Å². The van der Waals surface area contributed by atoms with Crippen molar-refractivity contribution in [2.45, 2.75) is 51.9 Å². The van der Waals surface area contributed by atoms with Crippen molar-refractivity contribution in [3.8, 4) is 5.69 Å². The maximum atomic E-state index is 13.0. The zero-order valence-corrected chi connectivity index (χ0v) is 18.8. The molecule has 1 heterocycles. The van der Waals surface area contributed by atoms with Crippen LogP contribution < -0.4 is 5.14 Å². The molecule has 0 aliphatic carbocycles. The van der Waals surface area contributed by atoms with Gasteiger partial charge in [0.2, 0.25) is 10.0 Å². The summed E-state index contributed by atoms with van der Waals surface area (Å²) >= 11 is 0. The number of halogens is 2. The number of nitrogens with zero attached hydrogens (tertiary/aromatic N) is 3. The molecule has 30 heavy (non-hydrogen) atoms. The van der Waals surface area contributed by atoms with Crippen molar-refractivity contribution in [3.63, 3.8) is 0 Å². The topological polar surface area (TPSA) is 90.3 Å². The second-order valence-electron chi connectivity index (χ2n) is 6.13. The summed E-state index contributed by atoms with van der Waals surface area (Å²) in [6, 6.07) is 5.69. The molecule has 166 valence electrons. The Bertz CT molecular complexity index is 940. The van der Waals surface area contributed by atoms with E-state index in [1.807, 2.05) is 40.7 Å². The number of rotatable bonds is 6. The van der Waals surface area contributed by atoms with Gasteiger partial charge in [0, 0.05) is 24.0 Å². The molecule has 0 spiro atoms. The molecule has 0 aliphatic rings. The fourth-order valence-electron chi connectivity index (χ4n) is 2.42. The lowest BCUT2D eigenvalue weighted by Crippen LogP contribution is -2.12. The van der Waals surface area contributed by atoms with Crippen molar-refractivity contribution >= 4 is 16.7 Å². The third kappa shape index (κ3) is 8.38. The van der Waals surface area contributed by atoms with Gasteiger partial charge < -0.3 is 4.57 Å². The van der Waals surface area contributed by atoms with Crippen LogP contribution in [0.4, 0.5) is 8.78 Å². The van der Waals surface area contributed by atoms with E-state index in [-0.39, 0.29) is 16.5 Å². The molecule has 1 aromatic carbocycles. The average molecular weight is 441 g/mol. The summed E-state index contributed by atoms with van der Waals surface area (Å²) in [6.07, 6.45) is 1.89. The van der Waals surface area contributed by atoms with Crippen molar-refractivity contribution in [2.24, 2.45) is 10.1 Å². The summed E-state index contributed by atoms with van der Waals surface area (Å²) in [4.78, 5) is 7.24. The summed E-state index contributed by atoms with van der Waals surface area (Å²) < 4.78 is 50.3. The van der Waals surface area contributed by atoms with E-state index in [4.69, 9.17) is 5.14 Å². The maximum Gasteiger partial charge on any atom is 0.281 e. The molecule has 0 radical (unpaired) electrons. The Kier molecular flexibility index (Phi) is 11.7. The normalized spacial score (nSPS) is 11.4. The van der Waals surface area contributed by atoms with E-state index in [2.05, 4.69) is 23.3 Å². The molecule has 2 rings (SSSR count). The van der Waals surface area contributed by atoms with Crippen molar-refractivity contribution < 1.29 is 17.2 Å². The number of hydrogen-bond donors (Lipinski definition) is 1. The highest BCUT2D eigenvalue weighted by Crippen LogP contribution is 2.26. The highest BCUT2D eigenvalue weighted by atomic mass is 32.2. The van der Waals surface area contributed by atoms with E-state index in [9.17, 15) is 17.2 Å². The molecule has 0 bridgehead atoms. The van der Waals surface area contributed by atoms with E-state index < -0.39 is 16.4 Å². The van der Waals surface area contributed by atoms with Gasteiger partial charge in [-0.15, -0.1) is 0 Å². The average Bonchev–Trinajstić information content (AvgIpc) is 3.15. The van der Waals surface area contributed by atoms with Gasteiger partial charge in [0.15, 0.2) is 0 Å². The Morgan fingerprint density at radius 1 is 1.23 bits per heavy atom. The number of sulfonamides is 1. The van der Waals surface area contributed by atoms with E-state index in [1.54, 1.807) is 4.57 Å². The molecular weight excluding hydrogens is 410 g/mol. The minimum absolute atomic E-state index is 0.0423. The summed E-state index contributed by atoms with van der Waals surface area (Å²) in [5.41, 5.74) is 1.25. The molecule has 2 N–H and O–H groups in total. The zero-order valence-electron chi connectivity index (χ0n) is 18.0. The van der Waals surface area contributed by atoms with Gasteiger partial charge >= 0.3 is 0 Å². The van der Waals surface area contributed by atoms with Gasteiger partial charge in [0.25, 0.3) is 6.43 Å². The van der Waals surface area contributed by atoms with Crippen LogP contribution in [-0.4, -0.2) is 24.7 Å². The summed E-state index contributed by atoms with van der Waals surface area (Å²) in [7, 11) is -3.81. The Morgan fingerprint density at radius 3 is 2.10 bits per heavy atom. The fourth-order valence-corrected chi connectivity index (χ4v) is 2.93. The minimum atomic E-state index is -3.81. The van der Waals surface area contributed by atoms with Gasteiger partial charge in [-0.25, -0.2) is 27.3 Å². The molecule has 1 atom stereocenters. The molecule has 0 fully saturated rings. The number of hydrogen-bond acceptors (Lipinski definition) is 4. The number of allylic oxidation sites excluding steroid dienone is 2. The second kappa shape index (κ2) is 12.8. The maximum absolute atomic E-state index is 13.0. The van der Waals surface area contributed by atoms with Gasteiger partial charge in [0.1, 0.15) is 11.5 Å². The van der Waals surface area contributed by atoms with Crippen LogP contribution in [0.25, 0.3) is 5.69 Å². The van der Waals surface area contributed by atoms with Gasteiger partial charge in [-0.2, -0.15) is 0 Å². The predicted molar refractivity (Wildman–Crippen MR) is 119 cm³/mol. The van der Waals surface area contributed by atoms with E-state index in [0.717, 1.165) is 5.57 Å². The minimum Gasteiger partial charge on any atom is -0.303 e. The predicted octanol–water partition coefficient (Wildman–Crippen LogP) is 5.38. The van der Waals surface area contributed by atoms with E-state index in [1.165, 1.54) is 36.7 Å². The smallest absolute Gasteiger partial charge is 0.281 e. The number of imidazole rings is 1. The Labute approximate surface area is 177 Å². The van der Waals surface area contributed by atoms with E-state index in [0.29, 0.717) is 11.5 Å². The molecule has 0 saturated carbocycles. The molecular formula is C21H30F2N4O2S. The third-order valence-corrected chi connectivity index (χ3v) is 4.47. The Balaban J connectivity index is 0.00000125. The first-order valence-corrected chi connectivity index (χ1v) is 10.8. The first-order valence-electron chi connectivity index (χ1n) is 9.23. The quantitative estimate of drug-likeness (QED) is 0.483. The van der Waals surface area contributed by atoms with Gasteiger partial charge in [-0.3, -0.25) is 4.99 Å². The van der Waals surface area contributed by atoms with Gasteiger partial charge in [0.05, 0.1) is 4.90 Å². The van der Waals surface area contributed by atoms with Crippen LogP contribution in [0, 0.1) is 0 Å². The highest BCUT2D eigenvalue weighted by Gasteiger charge is 2.19. The van der Waals surface area contributed by atoms with Crippen LogP contribution in [0.2, 0.25) is 0 Å². The monoisotopic (exact) mass is 440 g/mol. The summed E-state index contributed by atoms with van der Waals surface area (Å²) in [6.45, 7) is 16.1. The van der Waals surface area contributed by atoms with Gasteiger partial charge in [-0.1, -0.05) is 39.0 Å². The number of benzene rings is 1. The molecule has 1 unspecified atom stereocenters. The number of aliphatic imine (C=N–C) groups is 1. The lowest BCUT2D eigenvalue weighted by atomic mass is 10.1. The number of alkyl halides is 2. The fraction of sp³-hybridized carbons (Fsp3) is 0.333. The number of primary sulfonamides is 1. The molecule has 0 saturated heterocycles. The van der Waals surface area contributed by atoms with Crippen molar-refractivity contribution in [1.82, 2.24) is 9.55 Å². The number of aromatic nitrogens is 2. The molecule has 9 heteroatoms. The van der Waals surface area contributed by atoms with Crippen LogP contribution in [0.3, 0.4) is 0 Å². The molecule has 0 amide bonds. The zero-order chi connectivity index (χ0) is 23.5. The van der Waals surface area contributed by atoms with Crippen LogP contribution in [0.1, 0.15) is 58.5 Å². The summed E-state index contributed by atoms with van der Waals surface area (Å²) in [5, 5.41) is 5.07. The second-order valence-corrected chi connectivity index (χ2v) is 7.69. The standard InChI is InChI=1S/C16H19F2N3O2S.C3H5N.C2H6/c1-10(2)8-11(3)16-20-14(15(17)18)9-21(16)12-4-6-13(7-5-12)24(19,22)23;1-3-4-2;1-2/h4-9,11,15H,1-3H3,(H2,19,22,23);3H,1-2H2;1-2H3. The largest absolute Gasteiger partial charge is 0.303 e. The first-order chi connectivity index (χ1) is 14.0. The summed E-state index contributed by atoms with van der Waals surface area (Å²) in [5.74, 6) is 0.273. The molecule has 6 nitrogen and oxygen atoms in total. The Hall–Kier alpha value is -2.65. The van der Waals surface area contributed by atoms with Crippen molar-refractivity contribution in [3.05, 3.63) is 66.4 Å². The highest BCUT2D eigenvalue weighted by molar-refractivity contribution is 7.89. The number of nitrogens with two attached hydrogens (primary N) is 1. The van der Waals surface area contributed by atoms with E-state index >= 15 is 0 Å². The van der Waals surface area contributed by atoms with Crippen molar-refractivity contribution in [2.75, 3.05) is 0 Å².